The number of anilines is 2. The third-order valence-electron chi connectivity index (χ3n) is 2.05. The lowest BCUT2D eigenvalue weighted by atomic mass is 10.2. The van der Waals surface area contributed by atoms with Gasteiger partial charge in [0.15, 0.2) is 29.0 Å². The Kier molecular flexibility index (Phi) is 3.10. The summed E-state index contributed by atoms with van der Waals surface area (Å²) in [7, 11) is 0. The quantitative estimate of drug-likeness (QED) is 0.832. The Morgan fingerprint density at radius 1 is 1.06 bits per heavy atom. The molecule has 4 nitrogen and oxygen atoms in total. The van der Waals surface area contributed by atoms with Crippen LogP contribution >= 0.6 is 0 Å². The Labute approximate surface area is 99.7 Å². The van der Waals surface area contributed by atoms with Crippen LogP contribution in [0.4, 0.5) is 24.7 Å². The van der Waals surface area contributed by atoms with E-state index in [1.54, 1.807) is 6.07 Å². The number of hydrogen-bond donors (Lipinski definition) is 1. The lowest BCUT2D eigenvalue weighted by Crippen LogP contribution is -2.01. The van der Waals surface area contributed by atoms with Gasteiger partial charge in [-0.3, -0.25) is 0 Å². The van der Waals surface area contributed by atoms with Crippen molar-refractivity contribution in [2.24, 2.45) is 0 Å². The zero-order valence-electron chi connectivity index (χ0n) is 8.78. The summed E-state index contributed by atoms with van der Waals surface area (Å²) < 4.78 is 38.7. The Morgan fingerprint density at radius 3 is 2.28 bits per heavy atom. The van der Waals surface area contributed by atoms with Crippen LogP contribution in [-0.4, -0.2) is 9.97 Å². The van der Waals surface area contributed by atoms with Crippen molar-refractivity contribution in [3.05, 3.63) is 47.7 Å². The Bertz CT molecular complexity index is 613. The van der Waals surface area contributed by atoms with Crippen molar-refractivity contribution in [1.82, 2.24) is 9.97 Å². The average molecular weight is 250 g/mol. The summed E-state index contributed by atoms with van der Waals surface area (Å²) >= 11 is 0. The van der Waals surface area contributed by atoms with Gasteiger partial charge in [-0.25, -0.2) is 23.1 Å². The van der Waals surface area contributed by atoms with Crippen LogP contribution in [0.1, 0.15) is 5.69 Å². The molecule has 2 aromatic rings. The largest absolute Gasteiger partial charge is 0.338 e. The van der Waals surface area contributed by atoms with Gasteiger partial charge in [0.1, 0.15) is 6.07 Å². The fourth-order valence-electron chi connectivity index (χ4n) is 1.28. The normalized spacial score (nSPS) is 9.89. The number of halogens is 3. The van der Waals surface area contributed by atoms with Crippen LogP contribution in [0.5, 0.6) is 0 Å². The van der Waals surface area contributed by atoms with E-state index in [1.807, 2.05) is 0 Å². The minimum atomic E-state index is -1.56. The number of aromatic nitrogens is 2. The average Bonchev–Trinajstić information content (AvgIpc) is 2.36. The predicted octanol–water partition coefficient (Wildman–Crippen LogP) is 2.51. The van der Waals surface area contributed by atoms with Crippen LogP contribution in [0.3, 0.4) is 0 Å². The van der Waals surface area contributed by atoms with Crippen molar-refractivity contribution < 1.29 is 13.2 Å². The van der Waals surface area contributed by atoms with E-state index >= 15 is 0 Å². The third kappa shape index (κ3) is 2.22. The highest BCUT2D eigenvalue weighted by Crippen LogP contribution is 2.21. The maximum Gasteiger partial charge on any atom is 0.194 e. The fourth-order valence-corrected chi connectivity index (χ4v) is 1.28. The molecule has 2 rings (SSSR count). The van der Waals surface area contributed by atoms with E-state index in [4.69, 9.17) is 5.26 Å². The van der Waals surface area contributed by atoms with Crippen LogP contribution < -0.4 is 5.32 Å². The fraction of sp³-hybridized carbons (Fsp3) is 0. The molecule has 1 aromatic heterocycles. The summed E-state index contributed by atoms with van der Waals surface area (Å²) in [6.07, 6.45) is 2.61. The Balaban J connectivity index is 2.38. The van der Waals surface area contributed by atoms with Gasteiger partial charge in [-0.2, -0.15) is 5.26 Å². The second-order valence-corrected chi connectivity index (χ2v) is 3.24. The second-order valence-electron chi connectivity index (χ2n) is 3.24. The number of hydrogen-bond acceptors (Lipinski definition) is 4. The number of rotatable bonds is 2. The molecule has 0 aliphatic carbocycles. The highest BCUT2D eigenvalue weighted by Gasteiger charge is 2.12. The van der Waals surface area contributed by atoms with E-state index in [9.17, 15) is 13.2 Å². The molecule has 1 heterocycles. The summed E-state index contributed by atoms with van der Waals surface area (Å²) in [6.45, 7) is 0. The molecule has 0 aliphatic heterocycles. The van der Waals surface area contributed by atoms with Gasteiger partial charge >= 0.3 is 0 Å². The van der Waals surface area contributed by atoms with E-state index in [1.165, 1.54) is 12.4 Å². The zero-order valence-corrected chi connectivity index (χ0v) is 8.78. The molecule has 1 aromatic carbocycles. The summed E-state index contributed by atoms with van der Waals surface area (Å²) in [6, 6.07) is 3.28. The number of nitriles is 1. The minimum absolute atomic E-state index is 0.0328. The molecule has 90 valence electrons. The van der Waals surface area contributed by atoms with Crippen molar-refractivity contribution in [2.45, 2.75) is 0 Å². The standard InChI is InChI=1S/C11H5F3N4/c12-7-3-6(4-8(13)10(7)14)18-11-9(5-15)16-1-2-17-11/h1-4H,(H,17,18). The van der Waals surface area contributed by atoms with Crippen LogP contribution in [0.15, 0.2) is 24.5 Å². The van der Waals surface area contributed by atoms with Gasteiger partial charge in [0.05, 0.1) is 0 Å². The molecule has 0 bridgehead atoms. The van der Waals surface area contributed by atoms with E-state index in [-0.39, 0.29) is 17.2 Å². The molecular weight excluding hydrogens is 245 g/mol. The number of nitrogens with one attached hydrogen (secondary N) is 1. The smallest absolute Gasteiger partial charge is 0.194 e. The van der Waals surface area contributed by atoms with Gasteiger partial charge < -0.3 is 5.32 Å². The third-order valence-corrected chi connectivity index (χ3v) is 2.05. The first-order chi connectivity index (χ1) is 8.61. The Morgan fingerprint density at radius 2 is 1.67 bits per heavy atom. The lowest BCUT2D eigenvalue weighted by Gasteiger charge is -2.07. The summed E-state index contributed by atoms with van der Waals surface area (Å²) in [4.78, 5) is 7.50. The van der Waals surface area contributed by atoms with Crippen molar-refractivity contribution in [3.63, 3.8) is 0 Å². The molecule has 0 saturated heterocycles. The first-order valence-electron chi connectivity index (χ1n) is 4.74. The molecule has 18 heavy (non-hydrogen) atoms. The van der Waals surface area contributed by atoms with Gasteiger partial charge in [0, 0.05) is 30.2 Å². The van der Waals surface area contributed by atoms with Gasteiger partial charge in [-0.05, 0) is 0 Å². The second kappa shape index (κ2) is 4.71. The highest BCUT2D eigenvalue weighted by atomic mass is 19.2. The number of nitrogens with zero attached hydrogens (tertiary/aromatic N) is 3. The lowest BCUT2D eigenvalue weighted by molar-refractivity contribution is 0.448. The summed E-state index contributed by atoms with van der Waals surface area (Å²) in [5, 5.41) is 11.2. The molecule has 0 fully saturated rings. The van der Waals surface area contributed by atoms with Crippen molar-refractivity contribution >= 4 is 11.5 Å². The van der Waals surface area contributed by atoms with E-state index in [0.29, 0.717) is 0 Å². The van der Waals surface area contributed by atoms with Crippen LogP contribution in [0.2, 0.25) is 0 Å². The van der Waals surface area contributed by atoms with Gasteiger partial charge in [0.25, 0.3) is 0 Å². The first-order valence-corrected chi connectivity index (χ1v) is 4.74. The predicted molar refractivity (Wildman–Crippen MR) is 56.3 cm³/mol. The summed E-state index contributed by atoms with van der Waals surface area (Å²) in [5.41, 5.74) is -0.106. The molecule has 0 radical (unpaired) electrons. The maximum atomic E-state index is 13.0. The van der Waals surface area contributed by atoms with Crippen LogP contribution in [0.25, 0.3) is 0 Å². The SMILES string of the molecule is N#Cc1nccnc1Nc1cc(F)c(F)c(F)c1. The molecule has 7 heteroatoms. The molecule has 0 amide bonds. The molecule has 1 N–H and O–H groups in total. The monoisotopic (exact) mass is 250 g/mol. The van der Waals surface area contributed by atoms with E-state index in [2.05, 4.69) is 15.3 Å². The first kappa shape index (κ1) is 11.9. The van der Waals surface area contributed by atoms with E-state index < -0.39 is 17.5 Å². The molecular formula is C11H5F3N4. The van der Waals surface area contributed by atoms with Gasteiger partial charge in [-0.1, -0.05) is 0 Å². The zero-order chi connectivity index (χ0) is 13.1. The molecule has 0 spiro atoms. The van der Waals surface area contributed by atoms with Crippen molar-refractivity contribution in [1.29, 1.82) is 5.26 Å². The highest BCUT2D eigenvalue weighted by molar-refractivity contribution is 5.60. The molecule has 0 atom stereocenters. The molecule has 0 unspecified atom stereocenters. The number of benzene rings is 1. The van der Waals surface area contributed by atoms with E-state index in [0.717, 1.165) is 12.1 Å². The molecule has 0 aliphatic rings. The topological polar surface area (TPSA) is 61.6 Å². The van der Waals surface area contributed by atoms with Crippen LogP contribution in [0, 0.1) is 28.8 Å². The van der Waals surface area contributed by atoms with Crippen molar-refractivity contribution in [2.75, 3.05) is 5.32 Å². The van der Waals surface area contributed by atoms with Crippen molar-refractivity contribution in [3.8, 4) is 6.07 Å². The van der Waals surface area contributed by atoms with Gasteiger partial charge in [-0.15, -0.1) is 0 Å². The molecule has 0 saturated carbocycles. The van der Waals surface area contributed by atoms with Gasteiger partial charge in [0.2, 0.25) is 0 Å². The summed E-state index contributed by atoms with van der Waals surface area (Å²) in [5.74, 6) is -4.19. The maximum absolute atomic E-state index is 13.0. The Hall–Kier alpha value is -2.62. The van der Waals surface area contributed by atoms with Crippen LogP contribution in [-0.2, 0) is 0 Å². The minimum Gasteiger partial charge on any atom is -0.338 e.